The molecule has 1 saturated heterocycles. The maximum atomic E-state index is 8.86. The third-order valence-electron chi connectivity index (χ3n) is 3.09. The Morgan fingerprint density at radius 2 is 2.41 bits per heavy atom. The largest absolute Gasteiger partial charge is 0.397 e. The number of hydrogen-bond donors (Lipinski definition) is 2. The van der Waals surface area contributed by atoms with E-state index in [-0.39, 0.29) is 12.1 Å². The van der Waals surface area contributed by atoms with Crippen molar-refractivity contribution in [1.82, 2.24) is 0 Å². The van der Waals surface area contributed by atoms with E-state index in [4.69, 9.17) is 15.7 Å². The Balaban J connectivity index is 2.09. The standard InChI is InChI=1S/C13H17N3O/c1-9(13-3-2-6-17-13)16-12-7-10(8-14)4-5-11(12)15/h4-5,7,9,13,16H,2-3,6,15H2,1H3. The third kappa shape index (κ3) is 2.69. The number of anilines is 2. The minimum absolute atomic E-state index is 0.203. The van der Waals surface area contributed by atoms with E-state index in [2.05, 4.69) is 18.3 Å². The summed E-state index contributed by atoms with van der Waals surface area (Å²) in [6, 6.07) is 7.56. The summed E-state index contributed by atoms with van der Waals surface area (Å²) in [7, 11) is 0. The quantitative estimate of drug-likeness (QED) is 0.782. The summed E-state index contributed by atoms with van der Waals surface area (Å²) in [6.07, 6.45) is 2.43. The summed E-state index contributed by atoms with van der Waals surface area (Å²) in [4.78, 5) is 0. The lowest BCUT2D eigenvalue weighted by Gasteiger charge is -2.22. The van der Waals surface area contributed by atoms with Gasteiger partial charge in [0.15, 0.2) is 0 Å². The lowest BCUT2D eigenvalue weighted by molar-refractivity contribution is 0.0997. The van der Waals surface area contributed by atoms with Crippen LogP contribution in [0.3, 0.4) is 0 Å². The molecule has 0 aromatic heterocycles. The first-order chi connectivity index (χ1) is 8.20. The van der Waals surface area contributed by atoms with Crippen LogP contribution in [0.5, 0.6) is 0 Å². The smallest absolute Gasteiger partial charge is 0.0992 e. The summed E-state index contributed by atoms with van der Waals surface area (Å²) in [6.45, 7) is 2.92. The molecule has 17 heavy (non-hydrogen) atoms. The Kier molecular flexibility index (Phi) is 3.50. The molecule has 1 aromatic carbocycles. The van der Waals surface area contributed by atoms with Crippen LogP contribution in [0.4, 0.5) is 11.4 Å². The Morgan fingerprint density at radius 1 is 1.59 bits per heavy atom. The van der Waals surface area contributed by atoms with Gasteiger partial charge in [-0.25, -0.2) is 0 Å². The number of nitriles is 1. The molecule has 2 unspecified atom stereocenters. The predicted octanol–water partition coefficient (Wildman–Crippen LogP) is 2.12. The van der Waals surface area contributed by atoms with Crippen molar-refractivity contribution in [3.63, 3.8) is 0 Å². The first kappa shape index (κ1) is 11.7. The lowest BCUT2D eigenvalue weighted by atomic mass is 10.1. The van der Waals surface area contributed by atoms with Crippen molar-refractivity contribution in [2.45, 2.75) is 31.9 Å². The fourth-order valence-electron chi connectivity index (χ4n) is 2.09. The summed E-state index contributed by atoms with van der Waals surface area (Å²) >= 11 is 0. The first-order valence-corrected chi connectivity index (χ1v) is 5.88. The van der Waals surface area contributed by atoms with Gasteiger partial charge in [0.05, 0.1) is 29.1 Å². The molecule has 1 aromatic rings. The number of rotatable bonds is 3. The van der Waals surface area contributed by atoms with E-state index in [0.29, 0.717) is 11.3 Å². The summed E-state index contributed by atoms with van der Waals surface area (Å²) in [5, 5.41) is 12.2. The van der Waals surface area contributed by atoms with Crippen LogP contribution >= 0.6 is 0 Å². The third-order valence-corrected chi connectivity index (χ3v) is 3.09. The molecule has 1 aliphatic heterocycles. The molecule has 4 heteroatoms. The van der Waals surface area contributed by atoms with Gasteiger partial charge in [-0.2, -0.15) is 5.26 Å². The van der Waals surface area contributed by atoms with Crippen molar-refractivity contribution in [1.29, 1.82) is 5.26 Å². The number of nitrogens with two attached hydrogens (primary N) is 1. The van der Waals surface area contributed by atoms with E-state index in [0.717, 1.165) is 25.1 Å². The predicted molar refractivity (Wildman–Crippen MR) is 67.6 cm³/mol. The van der Waals surface area contributed by atoms with E-state index < -0.39 is 0 Å². The van der Waals surface area contributed by atoms with Crippen LogP contribution in [0.2, 0.25) is 0 Å². The average Bonchev–Trinajstić information content (AvgIpc) is 2.85. The van der Waals surface area contributed by atoms with Crippen LogP contribution in [0.1, 0.15) is 25.3 Å². The number of nitrogens with one attached hydrogen (secondary N) is 1. The van der Waals surface area contributed by atoms with E-state index >= 15 is 0 Å². The Hall–Kier alpha value is -1.73. The van der Waals surface area contributed by atoms with Gasteiger partial charge in [-0.05, 0) is 38.0 Å². The molecule has 1 aliphatic rings. The molecule has 1 heterocycles. The molecule has 3 N–H and O–H groups in total. The zero-order valence-electron chi connectivity index (χ0n) is 9.94. The van der Waals surface area contributed by atoms with Crippen molar-refractivity contribution in [3.8, 4) is 6.07 Å². The minimum Gasteiger partial charge on any atom is -0.397 e. The summed E-state index contributed by atoms with van der Waals surface area (Å²) in [5.74, 6) is 0. The van der Waals surface area contributed by atoms with Gasteiger partial charge in [0.1, 0.15) is 0 Å². The van der Waals surface area contributed by atoms with Gasteiger partial charge in [0, 0.05) is 12.6 Å². The van der Waals surface area contributed by atoms with Crippen LogP contribution in [-0.2, 0) is 4.74 Å². The molecule has 0 bridgehead atoms. The highest BCUT2D eigenvalue weighted by molar-refractivity contribution is 5.68. The average molecular weight is 231 g/mol. The number of nitrogens with zero attached hydrogens (tertiary/aromatic N) is 1. The molecule has 0 radical (unpaired) electrons. The highest BCUT2D eigenvalue weighted by Gasteiger charge is 2.22. The van der Waals surface area contributed by atoms with Gasteiger partial charge in [-0.1, -0.05) is 0 Å². The van der Waals surface area contributed by atoms with Crippen molar-refractivity contribution < 1.29 is 4.74 Å². The summed E-state index contributed by atoms with van der Waals surface area (Å²) in [5.41, 5.74) is 7.96. The minimum atomic E-state index is 0.203. The molecular weight excluding hydrogens is 214 g/mol. The molecule has 0 aliphatic carbocycles. The SMILES string of the molecule is CC(Nc1cc(C#N)ccc1N)C1CCCO1. The van der Waals surface area contributed by atoms with E-state index in [1.54, 1.807) is 18.2 Å². The second-order valence-electron chi connectivity index (χ2n) is 4.40. The molecule has 0 amide bonds. The molecule has 4 nitrogen and oxygen atoms in total. The number of benzene rings is 1. The number of ether oxygens (including phenoxy) is 1. The highest BCUT2D eigenvalue weighted by Crippen LogP contribution is 2.24. The molecule has 90 valence electrons. The molecule has 0 spiro atoms. The van der Waals surface area contributed by atoms with E-state index in [1.807, 2.05) is 0 Å². The second-order valence-corrected chi connectivity index (χ2v) is 4.40. The summed E-state index contributed by atoms with van der Waals surface area (Å²) < 4.78 is 5.62. The molecule has 2 atom stereocenters. The second kappa shape index (κ2) is 5.07. The fourth-order valence-corrected chi connectivity index (χ4v) is 2.09. The first-order valence-electron chi connectivity index (χ1n) is 5.88. The van der Waals surface area contributed by atoms with Gasteiger partial charge >= 0.3 is 0 Å². The van der Waals surface area contributed by atoms with Crippen molar-refractivity contribution in [2.24, 2.45) is 0 Å². The fraction of sp³-hybridized carbons (Fsp3) is 0.462. The monoisotopic (exact) mass is 231 g/mol. The van der Waals surface area contributed by atoms with Crippen LogP contribution < -0.4 is 11.1 Å². The van der Waals surface area contributed by atoms with Gasteiger partial charge in [0.2, 0.25) is 0 Å². The van der Waals surface area contributed by atoms with Crippen molar-refractivity contribution in [2.75, 3.05) is 17.7 Å². The molecular formula is C13H17N3O. The van der Waals surface area contributed by atoms with Gasteiger partial charge in [-0.3, -0.25) is 0 Å². The molecule has 2 rings (SSSR count). The van der Waals surface area contributed by atoms with E-state index in [9.17, 15) is 0 Å². The Labute approximate surface area is 101 Å². The lowest BCUT2D eigenvalue weighted by Crippen LogP contribution is -2.30. The van der Waals surface area contributed by atoms with Crippen LogP contribution in [0.15, 0.2) is 18.2 Å². The topological polar surface area (TPSA) is 71.1 Å². The van der Waals surface area contributed by atoms with Crippen LogP contribution in [0.25, 0.3) is 0 Å². The highest BCUT2D eigenvalue weighted by atomic mass is 16.5. The maximum absolute atomic E-state index is 8.86. The van der Waals surface area contributed by atoms with Crippen LogP contribution in [0, 0.1) is 11.3 Å². The van der Waals surface area contributed by atoms with E-state index in [1.165, 1.54) is 0 Å². The zero-order valence-corrected chi connectivity index (χ0v) is 9.94. The van der Waals surface area contributed by atoms with Gasteiger partial charge in [-0.15, -0.1) is 0 Å². The van der Waals surface area contributed by atoms with Crippen LogP contribution in [-0.4, -0.2) is 18.8 Å². The van der Waals surface area contributed by atoms with Crippen molar-refractivity contribution >= 4 is 11.4 Å². The van der Waals surface area contributed by atoms with Gasteiger partial charge < -0.3 is 15.8 Å². The molecule has 0 saturated carbocycles. The number of nitrogen functional groups attached to an aromatic ring is 1. The van der Waals surface area contributed by atoms with Crippen molar-refractivity contribution in [3.05, 3.63) is 23.8 Å². The molecule has 1 fully saturated rings. The zero-order chi connectivity index (χ0) is 12.3. The van der Waals surface area contributed by atoms with Gasteiger partial charge in [0.25, 0.3) is 0 Å². The Morgan fingerprint density at radius 3 is 3.06 bits per heavy atom. The number of hydrogen-bond acceptors (Lipinski definition) is 4. The normalized spacial score (nSPS) is 20.8. The Bertz CT molecular complexity index is 433. The maximum Gasteiger partial charge on any atom is 0.0992 e.